The number of aliphatic hydroxyl groups excluding tert-OH is 1. The van der Waals surface area contributed by atoms with Crippen LogP contribution in [-0.2, 0) is 4.74 Å². The van der Waals surface area contributed by atoms with E-state index in [1.807, 2.05) is 13.0 Å². The van der Waals surface area contributed by atoms with Gasteiger partial charge in [0.1, 0.15) is 0 Å². The van der Waals surface area contributed by atoms with E-state index in [1.54, 1.807) is 6.26 Å². The zero-order chi connectivity index (χ0) is 17.4. The third-order valence-corrected chi connectivity index (χ3v) is 7.15. The van der Waals surface area contributed by atoms with E-state index < -0.39 is 16.1 Å². The first kappa shape index (κ1) is 21.4. The lowest BCUT2D eigenvalue weighted by Gasteiger charge is -2.23. The number of aliphatic hydroxyl groups is 1. The van der Waals surface area contributed by atoms with Crippen molar-refractivity contribution in [1.82, 2.24) is 0 Å². The normalized spacial score (nSPS) is 15.2. The largest absolute Gasteiger partial charge is 0.502 e. The zero-order valence-electron chi connectivity index (χ0n) is 15.7. The maximum atomic E-state index is 10.6. The van der Waals surface area contributed by atoms with Crippen molar-refractivity contribution in [3.05, 3.63) is 35.4 Å². The van der Waals surface area contributed by atoms with E-state index in [1.165, 1.54) is 5.20 Å². The van der Waals surface area contributed by atoms with Crippen molar-refractivity contribution >= 4 is 16.1 Å². The minimum Gasteiger partial charge on any atom is -0.502 e. The molecule has 0 aliphatic heterocycles. The lowest BCUT2D eigenvalue weighted by molar-refractivity contribution is 0.198. The van der Waals surface area contributed by atoms with Gasteiger partial charge in [-0.1, -0.05) is 50.2 Å². The molecular weight excluding hydrogens is 304 g/mol. The van der Waals surface area contributed by atoms with E-state index in [0.29, 0.717) is 6.61 Å². The SMILES string of the molecule is C=C(CCC(O)/C(=C/[Si](C)(C)C)C/C=C/OCC)[Si](C)(C)C. The number of hydrogen-bond donors (Lipinski definition) is 1. The van der Waals surface area contributed by atoms with Crippen LogP contribution >= 0.6 is 0 Å². The summed E-state index contributed by atoms with van der Waals surface area (Å²) in [4.78, 5) is 0. The summed E-state index contributed by atoms with van der Waals surface area (Å²) < 4.78 is 5.25. The topological polar surface area (TPSA) is 29.5 Å². The predicted molar refractivity (Wildman–Crippen MR) is 105 cm³/mol. The van der Waals surface area contributed by atoms with Crippen molar-refractivity contribution < 1.29 is 9.84 Å². The first-order chi connectivity index (χ1) is 9.97. The molecule has 128 valence electrons. The molecule has 0 spiro atoms. The van der Waals surface area contributed by atoms with Gasteiger partial charge in [0.15, 0.2) is 0 Å². The summed E-state index contributed by atoms with van der Waals surface area (Å²) >= 11 is 0. The molecule has 0 aromatic rings. The van der Waals surface area contributed by atoms with E-state index in [2.05, 4.69) is 51.6 Å². The number of hydrogen-bond acceptors (Lipinski definition) is 2. The molecule has 1 atom stereocenters. The molecule has 1 N–H and O–H groups in total. The highest BCUT2D eigenvalue weighted by atomic mass is 28.3. The van der Waals surface area contributed by atoms with Crippen LogP contribution in [0.2, 0.25) is 39.3 Å². The van der Waals surface area contributed by atoms with Gasteiger partial charge < -0.3 is 9.84 Å². The molecule has 1 unspecified atom stereocenters. The summed E-state index contributed by atoms with van der Waals surface area (Å²) in [5.41, 5.74) is 3.46. The first-order valence-corrected chi connectivity index (χ1v) is 15.4. The van der Waals surface area contributed by atoms with Crippen LogP contribution in [0, 0.1) is 0 Å². The van der Waals surface area contributed by atoms with Gasteiger partial charge in [0, 0.05) is 0 Å². The fraction of sp³-hybridized carbons (Fsp3) is 0.667. The molecule has 0 fully saturated rings. The quantitative estimate of drug-likeness (QED) is 0.431. The summed E-state index contributed by atoms with van der Waals surface area (Å²) in [7, 11) is -2.65. The lowest BCUT2D eigenvalue weighted by atomic mass is 10.0. The van der Waals surface area contributed by atoms with Gasteiger partial charge in [-0.05, 0) is 37.8 Å². The van der Waals surface area contributed by atoms with Crippen LogP contribution in [0.1, 0.15) is 26.2 Å². The molecule has 0 saturated carbocycles. The van der Waals surface area contributed by atoms with Crippen LogP contribution in [0.15, 0.2) is 35.4 Å². The van der Waals surface area contributed by atoms with Gasteiger partial charge in [-0.2, -0.15) is 0 Å². The van der Waals surface area contributed by atoms with Crippen molar-refractivity contribution in [1.29, 1.82) is 0 Å². The molecule has 0 rings (SSSR count). The molecule has 0 saturated heterocycles. The Kier molecular flexibility index (Phi) is 9.28. The van der Waals surface area contributed by atoms with E-state index in [0.717, 1.165) is 24.8 Å². The monoisotopic (exact) mass is 340 g/mol. The van der Waals surface area contributed by atoms with Crippen molar-refractivity contribution in [2.75, 3.05) is 6.61 Å². The molecule has 0 radical (unpaired) electrons. The van der Waals surface area contributed by atoms with Gasteiger partial charge in [0.25, 0.3) is 0 Å². The van der Waals surface area contributed by atoms with Crippen LogP contribution in [0.5, 0.6) is 0 Å². The van der Waals surface area contributed by atoms with Gasteiger partial charge in [-0.15, -0.1) is 6.58 Å². The van der Waals surface area contributed by atoms with E-state index in [4.69, 9.17) is 4.74 Å². The van der Waals surface area contributed by atoms with Crippen LogP contribution in [0.25, 0.3) is 0 Å². The van der Waals surface area contributed by atoms with Gasteiger partial charge in [-0.3, -0.25) is 0 Å². The smallest absolute Gasteiger partial charge is 0.0845 e. The second-order valence-electron chi connectivity index (χ2n) is 8.02. The highest BCUT2D eigenvalue weighted by Gasteiger charge is 2.20. The Morgan fingerprint density at radius 2 is 1.77 bits per heavy atom. The Labute approximate surface area is 140 Å². The molecule has 0 aliphatic rings. The fourth-order valence-electron chi connectivity index (χ4n) is 2.07. The molecule has 0 amide bonds. The van der Waals surface area contributed by atoms with Gasteiger partial charge >= 0.3 is 0 Å². The third kappa shape index (κ3) is 10.2. The second-order valence-corrected chi connectivity index (χ2v) is 18.3. The fourth-order valence-corrected chi connectivity index (χ4v) is 4.38. The van der Waals surface area contributed by atoms with Crippen molar-refractivity contribution in [3.63, 3.8) is 0 Å². The molecule has 4 heteroatoms. The Bertz CT molecular complexity index is 398. The standard InChI is InChI=1S/C18H36O2Si2/c1-9-20-14-10-11-17(15-21(3,4)5)18(19)13-12-16(2)22(6,7)8/h10,14-15,18-19H,2,9,11-13H2,1,3-8H3/b14-10+,17-15+. The molecule has 0 aromatic carbocycles. The molecule has 2 nitrogen and oxygen atoms in total. The Morgan fingerprint density at radius 3 is 2.23 bits per heavy atom. The minimum absolute atomic E-state index is 0.369. The van der Waals surface area contributed by atoms with Crippen molar-refractivity contribution in [3.8, 4) is 0 Å². The van der Waals surface area contributed by atoms with E-state index in [9.17, 15) is 5.11 Å². The summed E-state index contributed by atoms with van der Waals surface area (Å²) in [6.45, 7) is 20.7. The number of rotatable bonds is 10. The first-order valence-electron chi connectivity index (χ1n) is 8.32. The van der Waals surface area contributed by atoms with Crippen LogP contribution in [-0.4, -0.2) is 34.0 Å². The molecule has 22 heavy (non-hydrogen) atoms. The van der Waals surface area contributed by atoms with E-state index >= 15 is 0 Å². The van der Waals surface area contributed by atoms with Crippen molar-refractivity contribution in [2.24, 2.45) is 0 Å². The molecule has 0 aliphatic carbocycles. The molecule has 0 aromatic heterocycles. The predicted octanol–water partition coefficient (Wildman–Crippen LogP) is 5.31. The summed E-state index contributed by atoms with van der Waals surface area (Å²) in [5.74, 6) is 0. The highest BCUT2D eigenvalue weighted by molar-refractivity contribution is 6.83. The average Bonchev–Trinajstić information content (AvgIpc) is 2.36. The van der Waals surface area contributed by atoms with Crippen LogP contribution < -0.4 is 0 Å². The van der Waals surface area contributed by atoms with Gasteiger partial charge in [0.05, 0.1) is 35.1 Å². The molecule has 0 heterocycles. The van der Waals surface area contributed by atoms with Crippen molar-refractivity contribution in [2.45, 2.75) is 71.6 Å². The zero-order valence-corrected chi connectivity index (χ0v) is 17.7. The van der Waals surface area contributed by atoms with Gasteiger partial charge in [0.2, 0.25) is 0 Å². The Hall–Kier alpha value is -0.586. The summed E-state index contributed by atoms with van der Waals surface area (Å²) in [5, 5.41) is 11.9. The summed E-state index contributed by atoms with van der Waals surface area (Å²) in [6, 6.07) is 0. The lowest BCUT2D eigenvalue weighted by Crippen LogP contribution is -2.25. The summed E-state index contributed by atoms with van der Waals surface area (Å²) in [6.07, 6.45) is 5.85. The number of allylic oxidation sites excluding steroid dienone is 2. The molecular formula is C18H36O2Si2. The average molecular weight is 341 g/mol. The third-order valence-electron chi connectivity index (χ3n) is 3.54. The van der Waals surface area contributed by atoms with Gasteiger partial charge in [-0.25, -0.2) is 0 Å². The van der Waals surface area contributed by atoms with Crippen LogP contribution in [0.3, 0.4) is 0 Å². The minimum atomic E-state index is -1.35. The maximum absolute atomic E-state index is 10.6. The Balaban J connectivity index is 4.80. The van der Waals surface area contributed by atoms with Crippen LogP contribution in [0.4, 0.5) is 0 Å². The maximum Gasteiger partial charge on any atom is 0.0845 e. The highest BCUT2D eigenvalue weighted by Crippen LogP contribution is 2.23. The second kappa shape index (κ2) is 9.53. The number of ether oxygens (including phenoxy) is 1. The molecule has 0 bridgehead atoms. The van der Waals surface area contributed by atoms with E-state index in [-0.39, 0.29) is 6.10 Å². The Morgan fingerprint density at radius 1 is 1.18 bits per heavy atom.